The van der Waals surface area contributed by atoms with Crippen LogP contribution >= 0.6 is 0 Å². The average molecular weight is 237 g/mol. The Morgan fingerprint density at radius 3 is 2.33 bits per heavy atom. The molecule has 0 amide bonds. The fourth-order valence-electron chi connectivity index (χ4n) is 1.77. The Morgan fingerprint density at radius 1 is 1.00 bits per heavy atom. The van der Waals surface area contributed by atoms with Crippen molar-refractivity contribution in [2.45, 2.75) is 12.8 Å². The molecule has 2 heteroatoms. The van der Waals surface area contributed by atoms with Gasteiger partial charge in [0.15, 0.2) is 5.78 Å². The van der Waals surface area contributed by atoms with Crippen LogP contribution in [0.4, 0.5) is 0 Å². The van der Waals surface area contributed by atoms with Crippen LogP contribution in [0, 0.1) is 0 Å². The summed E-state index contributed by atoms with van der Waals surface area (Å²) in [4.78, 5) is 22.9. The number of benzene rings is 2. The molecule has 0 spiro atoms. The fourth-order valence-corrected chi connectivity index (χ4v) is 1.77. The van der Waals surface area contributed by atoms with Crippen molar-refractivity contribution in [3.05, 3.63) is 71.3 Å². The van der Waals surface area contributed by atoms with Crippen LogP contribution in [0.3, 0.4) is 0 Å². The van der Waals surface area contributed by atoms with Gasteiger partial charge in [0.05, 0.1) is 0 Å². The summed E-state index contributed by atoms with van der Waals surface area (Å²) in [5, 5.41) is 0. The van der Waals surface area contributed by atoms with Gasteiger partial charge in [-0.05, 0) is 11.6 Å². The monoisotopic (exact) mass is 237 g/mol. The number of carbonyl (C=O) groups is 1. The lowest BCUT2D eigenvalue weighted by atomic mass is 9.96. The van der Waals surface area contributed by atoms with E-state index in [1.165, 1.54) is 0 Å². The first-order valence-electron chi connectivity index (χ1n) is 5.79. The highest BCUT2D eigenvalue weighted by Gasteiger charge is 2.11. The first-order valence-corrected chi connectivity index (χ1v) is 5.79. The van der Waals surface area contributed by atoms with Crippen LogP contribution in [-0.2, 0) is 4.79 Å². The molecule has 0 saturated carbocycles. The lowest BCUT2D eigenvalue weighted by Crippen LogP contribution is -2.03. The molecule has 2 aromatic carbocycles. The summed E-state index contributed by atoms with van der Waals surface area (Å²) in [6.07, 6.45) is 1.93. The highest BCUT2D eigenvalue weighted by molar-refractivity contribution is 6.09. The number of carbonyl (C=O) groups excluding carboxylic acids is 2. The molecule has 0 aromatic heterocycles. The molecule has 89 valence electrons. The lowest BCUT2D eigenvalue weighted by Gasteiger charge is -2.06. The van der Waals surface area contributed by atoms with Crippen LogP contribution in [0.1, 0.15) is 34.3 Å². The SMILES string of the molecule is CC([C]=O)c1cccc(C(=O)c2ccccc2)c1. The maximum absolute atomic E-state index is 12.2. The third-order valence-electron chi connectivity index (χ3n) is 2.86. The van der Waals surface area contributed by atoms with Gasteiger partial charge in [0.25, 0.3) is 0 Å². The largest absolute Gasteiger partial charge is 0.290 e. The Hall–Kier alpha value is -2.22. The molecule has 1 unspecified atom stereocenters. The Balaban J connectivity index is 2.34. The highest BCUT2D eigenvalue weighted by Crippen LogP contribution is 2.17. The van der Waals surface area contributed by atoms with Crippen LogP contribution in [-0.4, -0.2) is 12.1 Å². The number of hydrogen-bond acceptors (Lipinski definition) is 2. The third kappa shape index (κ3) is 2.54. The zero-order valence-corrected chi connectivity index (χ0v) is 10.1. The molecule has 0 aliphatic rings. The minimum Gasteiger partial charge on any atom is -0.290 e. The predicted molar refractivity (Wildman–Crippen MR) is 70.4 cm³/mol. The topological polar surface area (TPSA) is 34.1 Å². The second kappa shape index (κ2) is 5.41. The van der Waals surface area contributed by atoms with Gasteiger partial charge in [-0.15, -0.1) is 0 Å². The predicted octanol–water partition coefficient (Wildman–Crippen LogP) is 3.13. The van der Waals surface area contributed by atoms with Crippen molar-refractivity contribution in [1.82, 2.24) is 0 Å². The second-order valence-electron chi connectivity index (χ2n) is 4.16. The zero-order valence-electron chi connectivity index (χ0n) is 10.1. The molecule has 0 aliphatic heterocycles. The number of ketones is 1. The Bertz CT molecular complexity index is 558. The first-order chi connectivity index (χ1) is 8.72. The van der Waals surface area contributed by atoms with Gasteiger partial charge in [-0.25, -0.2) is 0 Å². The van der Waals surface area contributed by atoms with Crippen molar-refractivity contribution >= 4 is 12.1 Å². The molecule has 0 heterocycles. The van der Waals surface area contributed by atoms with Gasteiger partial charge in [0.1, 0.15) is 0 Å². The summed E-state index contributed by atoms with van der Waals surface area (Å²) in [6.45, 7) is 1.76. The smallest absolute Gasteiger partial charge is 0.206 e. The van der Waals surface area contributed by atoms with Crippen LogP contribution in [0.5, 0.6) is 0 Å². The quantitative estimate of drug-likeness (QED) is 0.765. The molecule has 2 aromatic rings. The zero-order chi connectivity index (χ0) is 13.0. The van der Waals surface area contributed by atoms with Gasteiger partial charge in [0.2, 0.25) is 6.29 Å². The van der Waals surface area contributed by atoms with Crippen LogP contribution in [0.15, 0.2) is 54.6 Å². The molecular formula is C16H13O2. The van der Waals surface area contributed by atoms with Crippen molar-refractivity contribution in [1.29, 1.82) is 0 Å². The standard InChI is InChI=1S/C16H13O2/c1-12(11-17)14-8-5-9-15(10-14)16(18)13-6-3-2-4-7-13/h2-10,12H,1H3. The van der Waals surface area contributed by atoms with Crippen LogP contribution < -0.4 is 0 Å². The first kappa shape index (κ1) is 12.2. The van der Waals surface area contributed by atoms with E-state index in [-0.39, 0.29) is 11.7 Å². The molecular weight excluding hydrogens is 224 g/mol. The minimum atomic E-state index is -0.312. The van der Waals surface area contributed by atoms with E-state index in [1.807, 2.05) is 30.6 Å². The van der Waals surface area contributed by atoms with Crippen LogP contribution in [0.25, 0.3) is 0 Å². The maximum Gasteiger partial charge on any atom is 0.206 e. The van der Waals surface area contributed by atoms with Gasteiger partial charge < -0.3 is 0 Å². The fraction of sp³-hybridized carbons (Fsp3) is 0.125. The average Bonchev–Trinajstić information content (AvgIpc) is 2.46. The van der Waals surface area contributed by atoms with Crippen molar-refractivity contribution in [2.24, 2.45) is 0 Å². The van der Waals surface area contributed by atoms with E-state index in [0.717, 1.165) is 5.56 Å². The molecule has 0 N–H and O–H groups in total. The molecule has 1 atom stereocenters. The molecule has 18 heavy (non-hydrogen) atoms. The van der Waals surface area contributed by atoms with Crippen molar-refractivity contribution in [3.63, 3.8) is 0 Å². The summed E-state index contributed by atoms with van der Waals surface area (Å²) in [7, 11) is 0. The molecule has 2 nitrogen and oxygen atoms in total. The van der Waals surface area contributed by atoms with Gasteiger partial charge in [-0.3, -0.25) is 9.59 Å². The lowest BCUT2D eigenvalue weighted by molar-refractivity contribution is 0.103. The van der Waals surface area contributed by atoms with E-state index in [0.29, 0.717) is 11.1 Å². The Morgan fingerprint density at radius 2 is 1.67 bits per heavy atom. The van der Waals surface area contributed by atoms with Gasteiger partial charge in [0, 0.05) is 17.0 Å². The number of hydrogen-bond donors (Lipinski definition) is 0. The molecule has 0 aliphatic carbocycles. The molecule has 0 fully saturated rings. The van der Waals surface area contributed by atoms with E-state index in [9.17, 15) is 9.59 Å². The van der Waals surface area contributed by atoms with E-state index >= 15 is 0 Å². The highest BCUT2D eigenvalue weighted by atomic mass is 16.1. The molecule has 1 radical (unpaired) electrons. The summed E-state index contributed by atoms with van der Waals surface area (Å²) >= 11 is 0. The summed E-state index contributed by atoms with van der Waals surface area (Å²) in [5.41, 5.74) is 2.06. The molecule has 0 bridgehead atoms. The third-order valence-corrected chi connectivity index (χ3v) is 2.86. The summed E-state index contributed by atoms with van der Waals surface area (Å²) in [5.74, 6) is -0.343. The van der Waals surface area contributed by atoms with Crippen molar-refractivity contribution in [2.75, 3.05) is 0 Å². The maximum atomic E-state index is 12.2. The van der Waals surface area contributed by atoms with E-state index < -0.39 is 0 Å². The van der Waals surface area contributed by atoms with Crippen molar-refractivity contribution in [3.8, 4) is 0 Å². The van der Waals surface area contributed by atoms with Crippen molar-refractivity contribution < 1.29 is 9.59 Å². The Kier molecular flexibility index (Phi) is 3.68. The Labute approximate surface area is 106 Å². The van der Waals surface area contributed by atoms with E-state index in [4.69, 9.17) is 0 Å². The summed E-state index contributed by atoms with van der Waals surface area (Å²) < 4.78 is 0. The molecule has 2 rings (SSSR count). The van der Waals surface area contributed by atoms with Gasteiger partial charge in [-0.1, -0.05) is 55.5 Å². The van der Waals surface area contributed by atoms with E-state index in [1.54, 1.807) is 37.3 Å². The second-order valence-corrected chi connectivity index (χ2v) is 4.16. The van der Waals surface area contributed by atoms with Gasteiger partial charge >= 0.3 is 0 Å². The molecule has 0 saturated heterocycles. The number of rotatable bonds is 4. The minimum absolute atomic E-state index is 0.0319. The normalized spacial score (nSPS) is 11.8. The van der Waals surface area contributed by atoms with Crippen LogP contribution in [0.2, 0.25) is 0 Å². The summed E-state index contributed by atoms with van der Waals surface area (Å²) in [6, 6.07) is 16.2. The van der Waals surface area contributed by atoms with Gasteiger partial charge in [-0.2, -0.15) is 0 Å². The van der Waals surface area contributed by atoms with E-state index in [2.05, 4.69) is 0 Å².